The monoisotopic (exact) mass is 308 g/mol. The molecular weight excluding hydrogens is 291 g/mol. The van der Waals surface area contributed by atoms with Crippen molar-refractivity contribution in [2.45, 2.75) is 38.8 Å². The summed E-state index contributed by atoms with van der Waals surface area (Å²) in [5, 5.41) is 20.0. The van der Waals surface area contributed by atoms with Crippen LogP contribution in [0, 0.1) is 17.1 Å². The number of alkyl carbamates (subject to hydrolysis) is 1. The van der Waals surface area contributed by atoms with Crippen molar-refractivity contribution in [3.63, 3.8) is 0 Å². The van der Waals surface area contributed by atoms with Gasteiger partial charge in [0.05, 0.1) is 5.56 Å². The van der Waals surface area contributed by atoms with Gasteiger partial charge < -0.3 is 15.2 Å². The number of nitriles is 1. The van der Waals surface area contributed by atoms with E-state index in [-0.39, 0.29) is 12.0 Å². The highest BCUT2D eigenvalue weighted by molar-refractivity contribution is 5.80. The average Bonchev–Trinajstić information content (AvgIpc) is 2.35. The van der Waals surface area contributed by atoms with Crippen LogP contribution in [0.25, 0.3) is 0 Å². The minimum atomic E-state index is -1.27. The van der Waals surface area contributed by atoms with Crippen LogP contribution >= 0.6 is 0 Å². The van der Waals surface area contributed by atoms with E-state index in [0.717, 1.165) is 6.07 Å². The second-order valence-electron chi connectivity index (χ2n) is 5.67. The Morgan fingerprint density at radius 1 is 1.45 bits per heavy atom. The minimum Gasteiger partial charge on any atom is -0.480 e. The Bertz CT molecular complexity index is 617. The first-order valence-electron chi connectivity index (χ1n) is 6.53. The zero-order valence-corrected chi connectivity index (χ0v) is 12.5. The van der Waals surface area contributed by atoms with Crippen LogP contribution in [0.5, 0.6) is 0 Å². The van der Waals surface area contributed by atoms with E-state index in [4.69, 9.17) is 15.1 Å². The van der Waals surface area contributed by atoms with E-state index in [0.29, 0.717) is 5.56 Å². The van der Waals surface area contributed by atoms with Crippen molar-refractivity contribution in [2.24, 2.45) is 0 Å². The summed E-state index contributed by atoms with van der Waals surface area (Å²) in [5.74, 6) is -2.00. The van der Waals surface area contributed by atoms with E-state index in [1.54, 1.807) is 26.8 Å². The number of ether oxygens (including phenoxy) is 1. The molecule has 0 saturated heterocycles. The molecule has 6 nitrogen and oxygen atoms in total. The number of hydrogen-bond donors (Lipinski definition) is 2. The van der Waals surface area contributed by atoms with Crippen molar-refractivity contribution in [1.29, 1.82) is 5.26 Å². The van der Waals surface area contributed by atoms with Crippen molar-refractivity contribution in [3.05, 3.63) is 35.1 Å². The Kier molecular flexibility index (Phi) is 5.46. The normalized spacial score (nSPS) is 12.1. The molecular formula is C15H17FN2O4. The quantitative estimate of drug-likeness (QED) is 0.888. The van der Waals surface area contributed by atoms with Gasteiger partial charge in [-0.2, -0.15) is 5.26 Å². The van der Waals surface area contributed by atoms with Crippen LogP contribution < -0.4 is 5.32 Å². The topological polar surface area (TPSA) is 99.4 Å². The van der Waals surface area contributed by atoms with Gasteiger partial charge in [0.2, 0.25) is 0 Å². The van der Waals surface area contributed by atoms with Gasteiger partial charge in [-0.3, -0.25) is 0 Å². The van der Waals surface area contributed by atoms with Gasteiger partial charge in [0.1, 0.15) is 23.5 Å². The maximum Gasteiger partial charge on any atom is 0.408 e. The molecule has 1 aromatic rings. The number of aliphatic carboxylic acids is 1. The molecule has 0 aromatic heterocycles. The summed E-state index contributed by atoms with van der Waals surface area (Å²) in [6.45, 7) is 4.95. The number of carbonyl (C=O) groups excluding carboxylic acids is 1. The fraction of sp³-hybridized carbons (Fsp3) is 0.400. The molecule has 22 heavy (non-hydrogen) atoms. The van der Waals surface area contributed by atoms with Gasteiger partial charge in [-0.1, -0.05) is 6.07 Å². The maximum atomic E-state index is 13.5. The standard InChI is InChI=1S/C15H17FN2O4/c1-15(2,3)22-14(21)18-12(13(19)20)7-9-4-5-10(8-17)11(16)6-9/h4-6,12H,7H2,1-3H3,(H,18,21)(H,19,20)/t12-/m0/s1. The van der Waals surface area contributed by atoms with Gasteiger partial charge in [-0.15, -0.1) is 0 Å². The van der Waals surface area contributed by atoms with Crippen molar-refractivity contribution in [1.82, 2.24) is 5.32 Å². The molecule has 0 spiro atoms. The van der Waals surface area contributed by atoms with Crippen LogP contribution in [-0.4, -0.2) is 28.8 Å². The number of carboxylic acids is 1. The summed E-state index contributed by atoms with van der Waals surface area (Å²) in [6, 6.07) is 4.19. The Hall–Kier alpha value is -2.62. The van der Waals surface area contributed by atoms with Crippen LogP contribution in [-0.2, 0) is 16.0 Å². The minimum absolute atomic E-state index is 0.128. The summed E-state index contributed by atoms with van der Waals surface area (Å²) >= 11 is 0. The van der Waals surface area contributed by atoms with Crippen LogP contribution in [0.3, 0.4) is 0 Å². The molecule has 1 aromatic carbocycles. The lowest BCUT2D eigenvalue weighted by Crippen LogP contribution is -2.44. The highest BCUT2D eigenvalue weighted by Crippen LogP contribution is 2.12. The molecule has 1 rings (SSSR count). The summed E-state index contributed by atoms with van der Waals surface area (Å²) < 4.78 is 18.5. The van der Waals surface area contributed by atoms with Gasteiger partial charge in [0.25, 0.3) is 0 Å². The second kappa shape index (κ2) is 6.89. The lowest BCUT2D eigenvalue weighted by atomic mass is 10.0. The Labute approximate surface area is 127 Å². The molecule has 1 amide bonds. The summed E-state index contributed by atoms with van der Waals surface area (Å²) in [4.78, 5) is 22.8. The number of nitrogens with zero attached hydrogens (tertiary/aromatic N) is 1. The molecule has 0 radical (unpaired) electrons. The highest BCUT2D eigenvalue weighted by atomic mass is 19.1. The van der Waals surface area contributed by atoms with Crippen molar-refractivity contribution in [2.75, 3.05) is 0 Å². The molecule has 0 aliphatic rings. The number of carbonyl (C=O) groups is 2. The van der Waals surface area contributed by atoms with E-state index >= 15 is 0 Å². The Morgan fingerprint density at radius 2 is 2.09 bits per heavy atom. The summed E-state index contributed by atoms with van der Waals surface area (Å²) in [5.41, 5.74) is -0.538. The molecule has 118 valence electrons. The molecule has 0 saturated carbocycles. The fourth-order valence-corrected chi connectivity index (χ4v) is 1.66. The predicted octanol–water partition coefficient (Wildman–Crippen LogP) is 2.22. The first-order chi connectivity index (χ1) is 10.1. The largest absolute Gasteiger partial charge is 0.480 e. The highest BCUT2D eigenvalue weighted by Gasteiger charge is 2.24. The first-order valence-corrected chi connectivity index (χ1v) is 6.53. The van der Waals surface area contributed by atoms with Gasteiger partial charge in [-0.05, 0) is 38.5 Å². The van der Waals surface area contributed by atoms with E-state index < -0.39 is 29.5 Å². The number of hydrogen-bond acceptors (Lipinski definition) is 4. The smallest absolute Gasteiger partial charge is 0.408 e. The van der Waals surface area contributed by atoms with E-state index in [1.165, 1.54) is 12.1 Å². The molecule has 1 atom stereocenters. The van der Waals surface area contributed by atoms with Crippen molar-refractivity contribution >= 4 is 12.1 Å². The third kappa shape index (κ3) is 5.40. The van der Waals surface area contributed by atoms with Gasteiger partial charge in [0.15, 0.2) is 0 Å². The number of nitrogens with one attached hydrogen (secondary N) is 1. The molecule has 2 N–H and O–H groups in total. The number of rotatable bonds is 4. The lowest BCUT2D eigenvalue weighted by molar-refractivity contribution is -0.139. The van der Waals surface area contributed by atoms with Crippen molar-refractivity contribution in [3.8, 4) is 6.07 Å². The van der Waals surface area contributed by atoms with E-state index in [2.05, 4.69) is 5.32 Å². The molecule has 7 heteroatoms. The summed E-state index contributed by atoms with van der Waals surface area (Å²) in [6.07, 6.45) is -0.994. The van der Waals surface area contributed by atoms with Crippen LogP contribution in [0.1, 0.15) is 31.9 Å². The molecule has 0 bridgehead atoms. The molecule has 0 heterocycles. The van der Waals surface area contributed by atoms with E-state index in [9.17, 15) is 14.0 Å². The van der Waals surface area contributed by atoms with Crippen LogP contribution in [0.15, 0.2) is 18.2 Å². The van der Waals surface area contributed by atoms with Crippen LogP contribution in [0.4, 0.5) is 9.18 Å². The molecule has 0 fully saturated rings. The van der Waals surface area contributed by atoms with Gasteiger partial charge in [0, 0.05) is 6.42 Å². The molecule has 0 unspecified atom stereocenters. The Morgan fingerprint density at radius 3 is 2.55 bits per heavy atom. The first kappa shape index (κ1) is 17.4. The zero-order valence-electron chi connectivity index (χ0n) is 12.5. The third-order valence-electron chi connectivity index (χ3n) is 2.58. The fourth-order valence-electron chi connectivity index (χ4n) is 1.66. The van der Waals surface area contributed by atoms with Gasteiger partial charge in [-0.25, -0.2) is 14.0 Å². The SMILES string of the molecule is CC(C)(C)OC(=O)N[C@@H](Cc1ccc(C#N)c(F)c1)C(=O)O. The predicted molar refractivity (Wildman–Crippen MR) is 75.6 cm³/mol. The molecule has 0 aliphatic heterocycles. The number of amides is 1. The Balaban J connectivity index is 2.81. The number of benzene rings is 1. The molecule has 0 aliphatic carbocycles. The average molecular weight is 308 g/mol. The number of halogens is 1. The maximum absolute atomic E-state index is 13.5. The van der Waals surface area contributed by atoms with Crippen LogP contribution in [0.2, 0.25) is 0 Å². The van der Waals surface area contributed by atoms with E-state index in [1.807, 2.05) is 0 Å². The zero-order chi connectivity index (χ0) is 16.9. The third-order valence-corrected chi connectivity index (χ3v) is 2.58. The number of carboxylic acid groups (broad SMARTS) is 1. The second-order valence-corrected chi connectivity index (χ2v) is 5.67. The lowest BCUT2D eigenvalue weighted by Gasteiger charge is -2.22. The van der Waals surface area contributed by atoms with Crippen molar-refractivity contribution < 1.29 is 23.8 Å². The van der Waals surface area contributed by atoms with Gasteiger partial charge >= 0.3 is 12.1 Å². The summed E-state index contributed by atoms with van der Waals surface area (Å²) in [7, 11) is 0.